The first-order valence-electron chi connectivity index (χ1n) is 7.50. The maximum atomic E-state index is 12.9. The fourth-order valence-corrected chi connectivity index (χ4v) is 3.56. The molecular formula is C16H24ClFN2OS. The van der Waals surface area contributed by atoms with Crippen LogP contribution in [0, 0.1) is 11.7 Å². The molecule has 1 aromatic rings. The maximum Gasteiger partial charge on any atom is 0.226 e. The van der Waals surface area contributed by atoms with Crippen molar-refractivity contribution in [3.8, 4) is 0 Å². The van der Waals surface area contributed by atoms with Crippen LogP contribution in [0.1, 0.15) is 26.2 Å². The number of nitrogens with zero attached hydrogens (tertiary/aromatic N) is 1. The first kappa shape index (κ1) is 19.3. The summed E-state index contributed by atoms with van der Waals surface area (Å²) < 4.78 is 12.9. The molecule has 0 aliphatic carbocycles. The topological polar surface area (TPSA) is 46.3 Å². The van der Waals surface area contributed by atoms with Crippen molar-refractivity contribution in [2.45, 2.75) is 37.1 Å². The minimum atomic E-state index is -0.234. The fraction of sp³-hybridized carbons (Fsp3) is 0.562. The van der Waals surface area contributed by atoms with Crippen LogP contribution in [0.5, 0.6) is 0 Å². The highest BCUT2D eigenvalue weighted by atomic mass is 35.5. The Morgan fingerprint density at radius 1 is 1.41 bits per heavy atom. The second-order valence-electron chi connectivity index (χ2n) is 5.58. The van der Waals surface area contributed by atoms with E-state index in [1.165, 1.54) is 12.1 Å². The molecule has 1 aromatic carbocycles. The van der Waals surface area contributed by atoms with Crippen LogP contribution in [-0.4, -0.2) is 35.7 Å². The number of benzene rings is 1. The van der Waals surface area contributed by atoms with Gasteiger partial charge in [0.05, 0.1) is 0 Å². The zero-order valence-corrected chi connectivity index (χ0v) is 14.5. The lowest BCUT2D eigenvalue weighted by atomic mass is 10.0. The van der Waals surface area contributed by atoms with E-state index in [0.29, 0.717) is 12.3 Å². The second kappa shape index (κ2) is 9.38. The third-order valence-corrected chi connectivity index (χ3v) is 5.19. The van der Waals surface area contributed by atoms with Gasteiger partial charge in [0.25, 0.3) is 0 Å². The van der Waals surface area contributed by atoms with Gasteiger partial charge in [0, 0.05) is 35.7 Å². The van der Waals surface area contributed by atoms with Gasteiger partial charge in [-0.3, -0.25) is 4.79 Å². The van der Waals surface area contributed by atoms with Crippen LogP contribution >= 0.6 is 24.2 Å². The average Bonchev–Trinajstić information content (AvgIpc) is 2.53. The Labute approximate surface area is 142 Å². The summed E-state index contributed by atoms with van der Waals surface area (Å²) in [7, 11) is 0. The van der Waals surface area contributed by atoms with Crippen molar-refractivity contribution < 1.29 is 9.18 Å². The van der Waals surface area contributed by atoms with Crippen molar-refractivity contribution in [2.75, 3.05) is 18.8 Å². The number of piperidine rings is 1. The lowest BCUT2D eigenvalue weighted by Gasteiger charge is -2.36. The molecule has 2 unspecified atom stereocenters. The molecule has 0 bridgehead atoms. The SMILES string of the molecule is CC(CSc1ccc(F)cc1)C(=O)N1CCCCC1CN.Cl. The summed E-state index contributed by atoms with van der Waals surface area (Å²) in [5.74, 6) is 0.618. The number of nitrogens with two attached hydrogens (primary N) is 1. The molecule has 1 heterocycles. The monoisotopic (exact) mass is 346 g/mol. The number of carbonyl (C=O) groups excluding carboxylic acids is 1. The summed E-state index contributed by atoms with van der Waals surface area (Å²) in [6.07, 6.45) is 3.24. The quantitative estimate of drug-likeness (QED) is 0.832. The number of hydrogen-bond donors (Lipinski definition) is 1. The third kappa shape index (κ3) is 5.14. The van der Waals surface area contributed by atoms with E-state index in [4.69, 9.17) is 5.73 Å². The first-order chi connectivity index (χ1) is 10.1. The minimum Gasteiger partial charge on any atom is -0.338 e. The molecule has 0 radical (unpaired) electrons. The van der Waals surface area contributed by atoms with Crippen LogP contribution in [0.15, 0.2) is 29.2 Å². The molecule has 1 aliphatic heterocycles. The Balaban J connectivity index is 0.00000242. The van der Waals surface area contributed by atoms with Gasteiger partial charge in [0.2, 0.25) is 5.91 Å². The van der Waals surface area contributed by atoms with E-state index in [2.05, 4.69) is 0 Å². The van der Waals surface area contributed by atoms with Crippen molar-refractivity contribution in [2.24, 2.45) is 11.7 Å². The molecule has 22 heavy (non-hydrogen) atoms. The van der Waals surface area contributed by atoms with Crippen molar-refractivity contribution in [3.05, 3.63) is 30.1 Å². The smallest absolute Gasteiger partial charge is 0.226 e. The van der Waals surface area contributed by atoms with Gasteiger partial charge >= 0.3 is 0 Å². The highest BCUT2D eigenvalue weighted by Gasteiger charge is 2.28. The van der Waals surface area contributed by atoms with Crippen LogP contribution in [-0.2, 0) is 4.79 Å². The average molecular weight is 347 g/mol. The molecule has 2 N–H and O–H groups in total. The normalized spacial score (nSPS) is 19.4. The molecule has 6 heteroatoms. The van der Waals surface area contributed by atoms with Gasteiger partial charge in [-0.1, -0.05) is 6.92 Å². The Kier molecular flexibility index (Phi) is 8.21. The predicted octanol–water partition coefficient (Wildman–Crippen LogP) is 3.32. The number of rotatable bonds is 5. The van der Waals surface area contributed by atoms with E-state index in [-0.39, 0.29) is 36.1 Å². The highest BCUT2D eigenvalue weighted by Crippen LogP contribution is 2.24. The van der Waals surface area contributed by atoms with Crippen molar-refractivity contribution >= 4 is 30.1 Å². The van der Waals surface area contributed by atoms with Gasteiger partial charge in [-0.2, -0.15) is 0 Å². The third-order valence-electron chi connectivity index (χ3n) is 3.92. The number of halogens is 2. The minimum absolute atomic E-state index is 0. The largest absolute Gasteiger partial charge is 0.338 e. The van der Waals surface area contributed by atoms with Crippen molar-refractivity contribution in [1.82, 2.24) is 4.90 Å². The number of hydrogen-bond acceptors (Lipinski definition) is 3. The van der Waals surface area contributed by atoms with Crippen molar-refractivity contribution in [3.63, 3.8) is 0 Å². The zero-order valence-electron chi connectivity index (χ0n) is 12.8. The Morgan fingerprint density at radius 3 is 2.73 bits per heavy atom. The summed E-state index contributed by atoms with van der Waals surface area (Å²) in [5.41, 5.74) is 5.78. The van der Waals surface area contributed by atoms with E-state index in [1.54, 1.807) is 23.9 Å². The number of thioether (sulfide) groups is 1. The summed E-state index contributed by atoms with van der Waals surface area (Å²) in [6, 6.07) is 6.60. The van der Waals surface area contributed by atoms with Crippen LogP contribution in [0.25, 0.3) is 0 Å². The Hall–Kier alpha value is -0.780. The van der Waals surface area contributed by atoms with E-state index in [0.717, 1.165) is 30.7 Å². The standard InChI is InChI=1S/C16H23FN2OS.ClH/c1-12(11-21-15-7-5-13(17)6-8-15)16(20)19-9-3-2-4-14(19)10-18;/h5-8,12,14H,2-4,9-11,18H2,1H3;1H. The Morgan fingerprint density at radius 2 is 2.09 bits per heavy atom. The molecule has 0 spiro atoms. The highest BCUT2D eigenvalue weighted by molar-refractivity contribution is 7.99. The van der Waals surface area contributed by atoms with E-state index < -0.39 is 0 Å². The van der Waals surface area contributed by atoms with Crippen LogP contribution in [0.3, 0.4) is 0 Å². The van der Waals surface area contributed by atoms with Gasteiger partial charge in [0.1, 0.15) is 5.82 Å². The van der Waals surface area contributed by atoms with E-state index in [1.807, 2.05) is 11.8 Å². The first-order valence-corrected chi connectivity index (χ1v) is 8.49. The lowest BCUT2D eigenvalue weighted by Crippen LogP contribution is -2.49. The molecule has 1 aliphatic rings. The summed E-state index contributed by atoms with van der Waals surface area (Å²) in [6.45, 7) is 3.33. The predicted molar refractivity (Wildman–Crippen MR) is 91.9 cm³/mol. The van der Waals surface area contributed by atoms with Gasteiger partial charge in [0.15, 0.2) is 0 Å². The molecule has 3 nitrogen and oxygen atoms in total. The molecule has 124 valence electrons. The summed E-state index contributed by atoms with van der Waals surface area (Å²) in [4.78, 5) is 15.5. The molecular weight excluding hydrogens is 323 g/mol. The Bertz CT molecular complexity index is 472. The number of carbonyl (C=O) groups is 1. The molecule has 2 atom stereocenters. The molecule has 0 saturated carbocycles. The lowest BCUT2D eigenvalue weighted by molar-refractivity contribution is -0.137. The number of amides is 1. The number of likely N-dealkylation sites (tertiary alicyclic amines) is 1. The fourth-order valence-electron chi connectivity index (χ4n) is 2.64. The molecule has 1 fully saturated rings. The molecule has 0 aromatic heterocycles. The summed E-state index contributed by atoms with van der Waals surface area (Å²) >= 11 is 1.59. The van der Waals surface area contributed by atoms with Gasteiger partial charge in [-0.25, -0.2) is 4.39 Å². The molecule has 1 amide bonds. The van der Waals surface area contributed by atoms with Gasteiger partial charge in [-0.15, -0.1) is 24.2 Å². The maximum absolute atomic E-state index is 12.9. The van der Waals surface area contributed by atoms with Crippen LogP contribution < -0.4 is 5.73 Å². The van der Waals surface area contributed by atoms with Gasteiger partial charge < -0.3 is 10.6 Å². The van der Waals surface area contributed by atoms with E-state index in [9.17, 15) is 9.18 Å². The van der Waals surface area contributed by atoms with Crippen LogP contribution in [0.2, 0.25) is 0 Å². The molecule has 2 rings (SSSR count). The van der Waals surface area contributed by atoms with Crippen LogP contribution in [0.4, 0.5) is 4.39 Å². The molecule has 1 saturated heterocycles. The van der Waals surface area contributed by atoms with Crippen molar-refractivity contribution in [1.29, 1.82) is 0 Å². The van der Waals surface area contributed by atoms with Gasteiger partial charge in [-0.05, 0) is 43.5 Å². The van der Waals surface area contributed by atoms with E-state index >= 15 is 0 Å². The summed E-state index contributed by atoms with van der Waals surface area (Å²) in [5, 5.41) is 0. The second-order valence-corrected chi connectivity index (χ2v) is 6.68. The zero-order chi connectivity index (χ0) is 15.2.